The molecule has 1 saturated carbocycles. The third kappa shape index (κ3) is 4.65. The minimum absolute atomic E-state index is 0.0970. The van der Waals surface area contributed by atoms with Crippen LogP contribution in [-0.2, 0) is 21.3 Å². The summed E-state index contributed by atoms with van der Waals surface area (Å²) < 4.78 is 34.9. The van der Waals surface area contributed by atoms with Crippen LogP contribution in [0.5, 0.6) is 0 Å². The first kappa shape index (κ1) is 25.4. The lowest BCUT2D eigenvalue weighted by Crippen LogP contribution is -2.37. The molecule has 0 spiro atoms. The number of rotatable bonds is 7. The molecule has 0 unspecified atom stereocenters. The number of pyridine rings is 1. The van der Waals surface area contributed by atoms with E-state index in [1.165, 1.54) is 4.31 Å². The van der Waals surface area contributed by atoms with Crippen molar-refractivity contribution in [3.8, 4) is 0 Å². The standard InChI is InChI=1S/C26H32N6O4S/c1-26(2,16-36-4)15-31-14-17-13-18(9-10-22(17)37(31,34)35)29-24-23-21(11-12-28-25(23)33)32(30-24)20-8-6-5-7-19(20)27-3/h9-13,19-20H,5-8,14-16H2,1-2,4H3,(H,28,33)(H,29,30)/t19-,20-/m0/s1. The molecule has 1 aliphatic heterocycles. The molecule has 3 heterocycles. The third-order valence-electron chi connectivity index (χ3n) is 7.23. The Bertz CT molecular complexity index is 1530. The average molecular weight is 525 g/mol. The first-order valence-corrected chi connectivity index (χ1v) is 13.9. The normalized spacial score (nSPS) is 21.6. The largest absolute Gasteiger partial charge is 0.384 e. The van der Waals surface area contributed by atoms with Crippen molar-refractivity contribution in [3.63, 3.8) is 0 Å². The highest BCUT2D eigenvalue weighted by Crippen LogP contribution is 2.37. The summed E-state index contributed by atoms with van der Waals surface area (Å²) in [6, 6.07) is 6.66. The van der Waals surface area contributed by atoms with Gasteiger partial charge in [0.1, 0.15) is 11.4 Å². The predicted molar refractivity (Wildman–Crippen MR) is 141 cm³/mol. The van der Waals surface area contributed by atoms with E-state index in [1.54, 1.807) is 31.5 Å². The second-order valence-corrected chi connectivity index (χ2v) is 12.6. The maximum atomic E-state index is 13.2. The molecule has 2 aromatic heterocycles. The molecule has 3 aromatic rings. The number of aromatic amines is 1. The van der Waals surface area contributed by atoms with Crippen molar-refractivity contribution in [2.45, 2.75) is 63.1 Å². The van der Waals surface area contributed by atoms with E-state index in [0.29, 0.717) is 46.0 Å². The van der Waals surface area contributed by atoms with Gasteiger partial charge in [0.05, 0.1) is 17.0 Å². The van der Waals surface area contributed by atoms with Gasteiger partial charge in [0.25, 0.3) is 5.56 Å². The topological polar surface area (TPSA) is 114 Å². The summed E-state index contributed by atoms with van der Waals surface area (Å²) in [5, 5.41) is 8.45. The Hall–Kier alpha value is -3.20. The number of hydrogen-bond acceptors (Lipinski definition) is 6. The molecule has 0 radical (unpaired) electrons. The van der Waals surface area contributed by atoms with Gasteiger partial charge in [-0.25, -0.2) is 15.0 Å². The van der Waals surface area contributed by atoms with E-state index in [2.05, 4.69) is 15.1 Å². The van der Waals surface area contributed by atoms with E-state index in [-0.39, 0.29) is 29.6 Å². The molecule has 1 aliphatic carbocycles. The first-order chi connectivity index (χ1) is 17.6. The summed E-state index contributed by atoms with van der Waals surface area (Å²) in [5.74, 6) is 0.394. The Morgan fingerprint density at radius 3 is 2.81 bits per heavy atom. The van der Waals surface area contributed by atoms with E-state index in [4.69, 9.17) is 16.4 Å². The number of hydrogen-bond donors (Lipinski definition) is 2. The van der Waals surface area contributed by atoms with Crippen LogP contribution in [0.4, 0.5) is 11.5 Å². The lowest BCUT2D eigenvalue weighted by atomic mass is 9.91. The van der Waals surface area contributed by atoms with Crippen molar-refractivity contribution in [3.05, 3.63) is 57.8 Å². The zero-order valence-corrected chi connectivity index (χ0v) is 22.1. The number of methoxy groups -OCH3 is 1. The molecule has 1 aromatic carbocycles. The van der Waals surface area contributed by atoms with Crippen molar-refractivity contribution < 1.29 is 13.2 Å². The number of fused-ring (bicyclic) bond motifs is 2. The van der Waals surface area contributed by atoms with E-state index >= 15 is 0 Å². The fraction of sp³-hybridized carbons (Fsp3) is 0.500. The molecule has 0 amide bonds. The number of nitrogens with one attached hydrogen (secondary N) is 2. The molecule has 5 rings (SSSR count). The molecule has 196 valence electrons. The van der Waals surface area contributed by atoms with Gasteiger partial charge >= 0.3 is 0 Å². The zero-order chi connectivity index (χ0) is 26.4. The highest BCUT2D eigenvalue weighted by atomic mass is 32.2. The van der Waals surface area contributed by atoms with Crippen LogP contribution >= 0.6 is 0 Å². The van der Waals surface area contributed by atoms with E-state index in [0.717, 1.165) is 25.7 Å². The second kappa shape index (κ2) is 9.59. The monoisotopic (exact) mass is 524 g/mol. The average Bonchev–Trinajstić information content (AvgIpc) is 3.33. The molecule has 1 fully saturated rings. The zero-order valence-electron chi connectivity index (χ0n) is 21.3. The minimum atomic E-state index is -3.60. The quantitative estimate of drug-likeness (QED) is 0.451. The number of anilines is 2. The molecule has 11 heteroatoms. The summed E-state index contributed by atoms with van der Waals surface area (Å²) in [6.07, 6.45) is 5.29. The van der Waals surface area contributed by atoms with Crippen LogP contribution in [0.3, 0.4) is 0 Å². The Balaban J connectivity index is 1.48. The predicted octanol–water partition coefficient (Wildman–Crippen LogP) is 4.05. The molecule has 2 N–H and O–H groups in total. The molecular weight excluding hydrogens is 492 g/mol. The highest BCUT2D eigenvalue weighted by molar-refractivity contribution is 7.89. The van der Waals surface area contributed by atoms with Crippen molar-refractivity contribution in [1.29, 1.82) is 0 Å². The van der Waals surface area contributed by atoms with Gasteiger partial charge in [0.2, 0.25) is 16.1 Å². The molecule has 37 heavy (non-hydrogen) atoms. The second-order valence-electron chi connectivity index (χ2n) is 10.7. The smallest absolute Gasteiger partial charge is 0.261 e. The summed E-state index contributed by atoms with van der Waals surface area (Å²) in [5.41, 5.74) is 1.42. The van der Waals surface area contributed by atoms with Gasteiger partial charge < -0.3 is 19.9 Å². The van der Waals surface area contributed by atoms with E-state index in [9.17, 15) is 13.2 Å². The number of sulfonamides is 1. The summed E-state index contributed by atoms with van der Waals surface area (Å²) in [4.78, 5) is 19.7. The lowest BCUT2D eigenvalue weighted by molar-refractivity contribution is 0.0890. The van der Waals surface area contributed by atoms with Crippen molar-refractivity contribution in [2.75, 3.05) is 25.6 Å². The van der Waals surface area contributed by atoms with Crippen LogP contribution < -0.4 is 10.9 Å². The number of benzene rings is 1. The first-order valence-electron chi connectivity index (χ1n) is 12.5. The Labute approximate surface area is 216 Å². The highest BCUT2D eigenvalue weighted by Gasteiger charge is 2.38. The maximum absolute atomic E-state index is 13.2. The van der Waals surface area contributed by atoms with Crippen LogP contribution in [0.1, 0.15) is 51.1 Å². The summed E-state index contributed by atoms with van der Waals surface area (Å²) in [6.45, 7) is 12.7. The number of nitrogens with zero attached hydrogens (tertiary/aromatic N) is 4. The fourth-order valence-electron chi connectivity index (χ4n) is 5.61. The van der Waals surface area contributed by atoms with Gasteiger partial charge in [0.15, 0.2) is 5.82 Å². The summed E-state index contributed by atoms with van der Waals surface area (Å²) >= 11 is 0. The van der Waals surface area contributed by atoms with Crippen LogP contribution in [-0.4, -0.2) is 53.8 Å². The molecular formula is C26H32N6O4S. The van der Waals surface area contributed by atoms with Crippen LogP contribution in [0, 0.1) is 12.0 Å². The minimum Gasteiger partial charge on any atom is -0.384 e. The number of ether oxygens (including phenoxy) is 1. The van der Waals surface area contributed by atoms with Crippen molar-refractivity contribution in [2.24, 2.45) is 5.41 Å². The SMILES string of the molecule is [C-]#[N+][C@H]1CCCC[C@@H]1n1nc(Nc2ccc3c(c2)CN(CC(C)(C)COC)S3(=O)=O)c2c(=O)[nH]ccc21. The van der Waals surface area contributed by atoms with E-state index in [1.807, 2.05) is 24.6 Å². The van der Waals surface area contributed by atoms with Gasteiger partial charge in [-0.2, -0.15) is 9.40 Å². The maximum Gasteiger partial charge on any atom is 0.261 e. The molecule has 2 aliphatic rings. The number of H-pyrrole nitrogens is 1. The van der Waals surface area contributed by atoms with Gasteiger partial charge in [-0.05, 0) is 42.7 Å². The number of aromatic nitrogens is 3. The lowest BCUT2D eigenvalue weighted by Gasteiger charge is -2.28. The van der Waals surface area contributed by atoms with Gasteiger partial charge in [-0.15, -0.1) is 0 Å². The third-order valence-corrected chi connectivity index (χ3v) is 9.12. The molecule has 2 atom stereocenters. The molecule has 0 saturated heterocycles. The Morgan fingerprint density at radius 2 is 2.05 bits per heavy atom. The Kier molecular flexibility index (Phi) is 6.60. The van der Waals surface area contributed by atoms with E-state index < -0.39 is 10.0 Å². The van der Waals surface area contributed by atoms with Gasteiger partial charge in [-0.1, -0.05) is 20.3 Å². The van der Waals surface area contributed by atoms with Crippen LogP contribution in [0.15, 0.2) is 40.2 Å². The fourth-order valence-corrected chi connectivity index (χ4v) is 7.41. The Morgan fingerprint density at radius 1 is 1.27 bits per heavy atom. The molecule has 10 nitrogen and oxygen atoms in total. The van der Waals surface area contributed by atoms with Crippen LogP contribution in [0.25, 0.3) is 15.7 Å². The van der Waals surface area contributed by atoms with Gasteiger partial charge in [-0.3, -0.25) is 9.48 Å². The van der Waals surface area contributed by atoms with Gasteiger partial charge in [0, 0.05) is 43.9 Å². The van der Waals surface area contributed by atoms with Crippen molar-refractivity contribution in [1.82, 2.24) is 19.1 Å². The molecule has 0 bridgehead atoms. The van der Waals surface area contributed by atoms with Crippen molar-refractivity contribution >= 4 is 32.4 Å². The van der Waals surface area contributed by atoms with Crippen LogP contribution in [0.2, 0.25) is 0 Å². The summed E-state index contributed by atoms with van der Waals surface area (Å²) in [7, 11) is -1.99.